The van der Waals surface area contributed by atoms with E-state index in [4.69, 9.17) is 13.7 Å². The van der Waals surface area contributed by atoms with Crippen LogP contribution in [0.15, 0.2) is 30.3 Å². The highest BCUT2D eigenvalue weighted by molar-refractivity contribution is 7.85. The topological polar surface area (TPSA) is 102 Å². The van der Waals surface area contributed by atoms with E-state index < -0.39 is 33.9 Å². The fourth-order valence-electron chi connectivity index (χ4n) is 2.73. The lowest BCUT2D eigenvalue weighted by Crippen LogP contribution is -2.58. The predicted octanol–water partition coefficient (Wildman–Crippen LogP) is 2.22. The zero-order valence-corrected chi connectivity index (χ0v) is 18.0. The van der Waals surface area contributed by atoms with E-state index in [1.807, 2.05) is 30.3 Å². The Bertz CT molecular complexity index is 806. The average Bonchev–Trinajstić information content (AvgIpc) is 2.63. The number of nitrogens with zero attached hydrogens (tertiary/aromatic N) is 2. The molecule has 10 heteroatoms. The molecule has 1 aromatic rings. The number of carbonyl (C=O) groups excluding carboxylic acids is 2. The lowest BCUT2D eigenvalue weighted by molar-refractivity contribution is -0.00449. The highest BCUT2D eigenvalue weighted by Crippen LogP contribution is 2.17. The summed E-state index contributed by atoms with van der Waals surface area (Å²) < 4.78 is 38.4. The van der Waals surface area contributed by atoms with Gasteiger partial charge in [0.2, 0.25) is 0 Å². The zero-order chi connectivity index (χ0) is 21.7. The van der Waals surface area contributed by atoms with Crippen molar-refractivity contribution >= 4 is 22.3 Å². The summed E-state index contributed by atoms with van der Waals surface area (Å²) in [6.45, 7) is 5.56. The summed E-state index contributed by atoms with van der Waals surface area (Å²) >= 11 is 0. The SMILES string of the molecule is CC(C)(C)OC(=O)N1CCN(C(=O)OCc2ccccc2)C(COS(C)(=O)=O)C1. The molecule has 1 fully saturated rings. The Morgan fingerprint density at radius 2 is 1.76 bits per heavy atom. The summed E-state index contributed by atoms with van der Waals surface area (Å²) in [6.07, 6.45) is -0.196. The smallest absolute Gasteiger partial charge is 0.410 e. The lowest BCUT2D eigenvalue weighted by Gasteiger charge is -2.40. The first-order valence-electron chi connectivity index (χ1n) is 9.24. The molecule has 0 aliphatic carbocycles. The van der Waals surface area contributed by atoms with Gasteiger partial charge in [0.05, 0.1) is 18.9 Å². The van der Waals surface area contributed by atoms with Gasteiger partial charge in [0.1, 0.15) is 12.2 Å². The van der Waals surface area contributed by atoms with E-state index in [0.717, 1.165) is 11.8 Å². The summed E-state index contributed by atoms with van der Waals surface area (Å²) in [5.74, 6) is 0. The van der Waals surface area contributed by atoms with Crippen molar-refractivity contribution in [2.75, 3.05) is 32.5 Å². The van der Waals surface area contributed by atoms with Crippen molar-refractivity contribution in [3.63, 3.8) is 0 Å². The fourth-order valence-corrected chi connectivity index (χ4v) is 3.14. The first-order chi connectivity index (χ1) is 13.4. The van der Waals surface area contributed by atoms with Crippen LogP contribution in [0.3, 0.4) is 0 Å². The van der Waals surface area contributed by atoms with Gasteiger partial charge in [-0.15, -0.1) is 0 Å². The molecule has 2 amide bonds. The van der Waals surface area contributed by atoms with Gasteiger partial charge < -0.3 is 14.4 Å². The Balaban J connectivity index is 2.04. The highest BCUT2D eigenvalue weighted by Gasteiger charge is 2.36. The summed E-state index contributed by atoms with van der Waals surface area (Å²) in [7, 11) is -3.71. The maximum absolute atomic E-state index is 12.6. The van der Waals surface area contributed by atoms with Gasteiger partial charge in [-0.1, -0.05) is 30.3 Å². The van der Waals surface area contributed by atoms with E-state index in [1.165, 1.54) is 9.80 Å². The van der Waals surface area contributed by atoms with E-state index in [1.54, 1.807) is 20.8 Å². The molecule has 29 heavy (non-hydrogen) atoms. The number of benzene rings is 1. The molecule has 0 bridgehead atoms. The Kier molecular flexibility index (Phi) is 7.48. The van der Waals surface area contributed by atoms with Crippen LogP contribution in [0.4, 0.5) is 9.59 Å². The molecule has 9 nitrogen and oxygen atoms in total. The number of hydrogen-bond donors (Lipinski definition) is 0. The first-order valence-corrected chi connectivity index (χ1v) is 11.1. The number of amides is 2. The van der Waals surface area contributed by atoms with Crippen molar-refractivity contribution in [2.24, 2.45) is 0 Å². The second kappa shape index (κ2) is 9.45. The summed E-state index contributed by atoms with van der Waals surface area (Å²) in [5, 5.41) is 0. The summed E-state index contributed by atoms with van der Waals surface area (Å²) in [6, 6.07) is 8.52. The van der Waals surface area contributed by atoms with E-state index in [-0.39, 0.29) is 32.8 Å². The quantitative estimate of drug-likeness (QED) is 0.663. The third-order valence-corrected chi connectivity index (χ3v) is 4.61. The van der Waals surface area contributed by atoms with Crippen molar-refractivity contribution in [1.29, 1.82) is 0 Å². The van der Waals surface area contributed by atoms with Crippen LogP contribution in [-0.2, 0) is 30.4 Å². The van der Waals surface area contributed by atoms with E-state index in [2.05, 4.69) is 0 Å². The number of hydrogen-bond acceptors (Lipinski definition) is 7. The fraction of sp³-hybridized carbons (Fsp3) is 0.579. The van der Waals surface area contributed by atoms with Crippen LogP contribution in [-0.4, -0.2) is 74.5 Å². The Morgan fingerprint density at radius 1 is 1.10 bits per heavy atom. The minimum absolute atomic E-state index is 0.0743. The van der Waals surface area contributed by atoms with Crippen molar-refractivity contribution in [3.8, 4) is 0 Å². The highest BCUT2D eigenvalue weighted by atomic mass is 32.2. The number of rotatable bonds is 5. The van der Waals surface area contributed by atoms with Crippen LogP contribution in [0.1, 0.15) is 26.3 Å². The Hall–Kier alpha value is -2.33. The third-order valence-electron chi connectivity index (χ3n) is 4.05. The molecule has 0 spiro atoms. The molecule has 162 valence electrons. The van der Waals surface area contributed by atoms with Crippen LogP contribution in [0, 0.1) is 0 Å². The molecule has 1 aliphatic rings. The van der Waals surface area contributed by atoms with E-state index in [0.29, 0.717) is 0 Å². The standard InChI is InChI=1S/C19H28N2O7S/c1-19(2,3)28-17(22)20-10-11-21(16(12-20)14-27-29(4,24)25)18(23)26-13-15-8-6-5-7-9-15/h5-9,16H,10-14H2,1-4H3. The lowest BCUT2D eigenvalue weighted by atomic mass is 10.2. The van der Waals surface area contributed by atoms with Crippen molar-refractivity contribution in [1.82, 2.24) is 9.80 Å². The maximum Gasteiger partial charge on any atom is 0.410 e. The predicted molar refractivity (Wildman–Crippen MR) is 106 cm³/mol. The van der Waals surface area contributed by atoms with Crippen LogP contribution >= 0.6 is 0 Å². The van der Waals surface area contributed by atoms with Crippen LogP contribution in [0.5, 0.6) is 0 Å². The van der Waals surface area contributed by atoms with Gasteiger partial charge in [0.15, 0.2) is 0 Å². The Labute approximate surface area is 171 Å². The van der Waals surface area contributed by atoms with Crippen molar-refractivity contribution in [3.05, 3.63) is 35.9 Å². The monoisotopic (exact) mass is 428 g/mol. The molecular weight excluding hydrogens is 400 g/mol. The van der Waals surface area contributed by atoms with Crippen LogP contribution < -0.4 is 0 Å². The molecule has 1 heterocycles. The minimum Gasteiger partial charge on any atom is -0.445 e. The molecule has 0 saturated carbocycles. The zero-order valence-electron chi connectivity index (χ0n) is 17.2. The van der Waals surface area contributed by atoms with Gasteiger partial charge >= 0.3 is 12.2 Å². The largest absolute Gasteiger partial charge is 0.445 e. The normalized spacial score (nSPS) is 17.7. The second-order valence-corrected chi connectivity index (χ2v) is 9.45. The molecule has 1 aromatic carbocycles. The molecular formula is C19H28N2O7S. The van der Waals surface area contributed by atoms with E-state index >= 15 is 0 Å². The Morgan fingerprint density at radius 3 is 2.34 bits per heavy atom. The molecule has 0 N–H and O–H groups in total. The van der Waals surface area contributed by atoms with Gasteiger partial charge in [0, 0.05) is 19.6 Å². The number of carbonyl (C=O) groups is 2. The molecule has 2 rings (SSSR count). The number of piperazine rings is 1. The van der Waals surface area contributed by atoms with E-state index in [9.17, 15) is 18.0 Å². The van der Waals surface area contributed by atoms with Gasteiger partial charge in [-0.25, -0.2) is 9.59 Å². The maximum atomic E-state index is 12.6. The molecule has 1 saturated heterocycles. The van der Waals surface area contributed by atoms with Crippen LogP contribution in [0.25, 0.3) is 0 Å². The minimum atomic E-state index is -3.71. The van der Waals surface area contributed by atoms with Crippen molar-refractivity contribution in [2.45, 2.75) is 39.0 Å². The van der Waals surface area contributed by atoms with Crippen molar-refractivity contribution < 1.29 is 31.7 Å². The average molecular weight is 429 g/mol. The molecule has 1 atom stereocenters. The number of ether oxygens (including phenoxy) is 2. The van der Waals surface area contributed by atoms with Crippen LogP contribution in [0.2, 0.25) is 0 Å². The second-order valence-electron chi connectivity index (χ2n) is 7.80. The summed E-state index contributed by atoms with van der Waals surface area (Å²) in [5.41, 5.74) is 0.166. The molecule has 1 unspecified atom stereocenters. The molecule has 0 radical (unpaired) electrons. The first kappa shape index (κ1) is 23.0. The molecule has 1 aliphatic heterocycles. The third kappa shape index (κ3) is 7.90. The summed E-state index contributed by atoms with van der Waals surface area (Å²) in [4.78, 5) is 27.8. The van der Waals surface area contributed by atoms with Gasteiger partial charge in [-0.2, -0.15) is 8.42 Å². The van der Waals surface area contributed by atoms with Gasteiger partial charge in [0.25, 0.3) is 10.1 Å². The van der Waals surface area contributed by atoms with Gasteiger partial charge in [-0.05, 0) is 26.3 Å². The van der Waals surface area contributed by atoms with Gasteiger partial charge in [-0.3, -0.25) is 9.08 Å². The molecule has 0 aromatic heterocycles.